The van der Waals surface area contributed by atoms with E-state index >= 15 is 0 Å². The average Bonchev–Trinajstić information content (AvgIpc) is 2.84. The molecule has 0 fully saturated rings. The summed E-state index contributed by atoms with van der Waals surface area (Å²) < 4.78 is 1.90. The van der Waals surface area contributed by atoms with E-state index < -0.39 is 0 Å². The number of aryl methyl sites for hydroxylation is 2. The zero-order chi connectivity index (χ0) is 13.0. The summed E-state index contributed by atoms with van der Waals surface area (Å²) in [7, 11) is 0. The summed E-state index contributed by atoms with van der Waals surface area (Å²) >= 11 is 0. The van der Waals surface area contributed by atoms with Gasteiger partial charge in [0, 0.05) is 30.1 Å². The van der Waals surface area contributed by atoms with Crippen molar-refractivity contribution in [3.05, 3.63) is 64.0 Å². The van der Waals surface area contributed by atoms with Crippen LogP contribution in [0.15, 0.2) is 42.6 Å². The van der Waals surface area contributed by atoms with Gasteiger partial charge in [-0.25, -0.2) is 0 Å². The second kappa shape index (κ2) is 5.46. The Morgan fingerprint density at radius 3 is 2.72 bits per heavy atom. The Morgan fingerprint density at radius 1 is 1.22 bits per heavy atom. The quantitative estimate of drug-likeness (QED) is 0.649. The first-order valence-electron chi connectivity index (χ1n) is 5.69. The van der Waals surface area contributed by atoms with Crippen molar-refractivity contribution < 1.29 is 10.0 Å². The van der Waals surface area contributed by atoms with Crippen molar-refractivity contribution in [2.45, 2.75) is 19.6 Å². The van der Waals surface area contributed by atoms with E-state index in [9.17, 15) is 10.1 Å². The summed E-state index contributed by atoms with van der Waals surface area (Å²) in [6.45, 7) is 0.595. The molecule has 0 aliphatic heterocycles. The Balaban J connectivity index is 2.13. The van der Waals surface area contributed by atoms with Gasteiger partial charge in [0.25, 0.3) is 5.69 Å². The molecule has 0 spiro atoms. The number of aromatic nitrogens is 1. The molecule has 1 aromatic carbocycles. The molecule has 0 atom stereocenters. The number of rotatable bonds is 5. The summed E-state index contributed by atoms with van der Waals surface area (Å²) in [5, 5.41) is 20.0. The number of hydrogen-bond acceptors (Lipinski definition) is 3. The smallest absolute Gasteiger partial charge is 0.272 e. The highest BCUT2D eigenvalue weighted by Crippen LogP contribution is 2.19. The number of para-hydroxylation sites is 1. The maximum Gasteiger partial charge on any atom is 0.272 e. The van der Waals surface area contributed by atoms with Crippen LogP contribution in [0.25, 0.3) is 0 Å². The minimum Gasteiger partial charge on any atom is -0.390 e. The molecule has 1 aromatic heterocycles. The van der Waals surface area contributed by atoms with E-state index in [0.717, 1.165) is 5.69 Å². The van der Waals surface area contributed by atoms with Crippen LogP contribution in [0.4, 0.5) is 5.69 Å². The fraction of sp³-hybridized carbons (Fsp3) is 0.231. The van der Waals surface area contributed by atoms with E-state index in [4.69, 9.17) is 5.11 Å². The second-order valence-corrected chi connectivity index (χ2v) is 3.99. The van der Waals surface area contributed by atoms with E-state index in [0.29, 0.717) is 18.5 Å². The predicted molar refractivity (Wildman–Crippen MR) is 67.2 cm³/mol. The maximum absolute atomic E-state index is 10.9. The van der Waals surface area contributed by atoms with Crippen molar-refractivity contribution in [1.29, 1.82) is 0 Å². The SMILES string of the molecule is O=[N+]([O-])c1ccccc1CCn1cccc1CO. The number of aliphatic hydroxyl groups is 1. The average molecular weight is 246 g/mol. The normalized spacial score (nSPS) is 10.5. The van der Waals surface area contributed by atoms with Gasteiger partial charge in [-0.3, -0.25) is 10.1 Å². The Hall–Kier alpha value is -2.14. The first-order chi connectivity index (χ1) is 8.72. The number of aliphatic hydroxyl groups excluding tert-OH is 1. The van der Waals surface area contributed by atoms with E-state index in [-0.39, 0.29) is 17.2 Å². The molecule has 0 bridgehead atoms. The summed E-state index contributed by atoms with van der Waals surface area (Å²) in [5.74, 6) is 0. The molecule has 5 nitrogen and oxygen atoms in total. The summed E-state index contributed by atoms with van der Waals surface area (Å²) in [6.07, 6.45) is 2.43. The molecule has 0 unspecified atom stereocenters. The van der Waals surface area contributed by atoms with Gasteiger partial charge in [0.15, 0.2) is 0 Å². The fourth-order valence-corrected chi connectivity index (χ4v) is 1.95. The highest BCUT2D eigenvalue weighted by atomic mass is 16.6. The monoisotopic (exact) mass is 246 g/mol. The second-order valence-electron chi connectivity index (χ2n) is 3.99. The highest BCUT2D eigenvalue weighted by Gasteiger charge is 2.12. The van der Waals surface area contributed by atoms with E-state index in [1.54, 1.807) is 18.2 Å². The molecule has 94 valence electrons. The number of benzene rings is 1. The molecule has 0 saturated heterocycles. The molecular weight excluding hydrogens is 232 g/mol. The summed E-state index contributed by atoms with van der Waals surface area (Å²) in [6, 6.07) is 10.4. The van der Waals surface area contributed by atoms with Crippen molar-refractivity contribution in [2.24, 2.45) is 0 Å². The number of nitrogens with zero attached hydrogens (tertiary/aromatic N) is 2. The van der Waals surface area contributed by atoms with E-state index in [1.807, 2.05) is 22.9 Å². The van der Waals surface area contributed by atoms with Gasteiger partial charge in [0.05, 0.1) is 11.5 Å². The summed E-state index contributed by atoms with van der Waals surface area (Å²) in [5.41, 5.74) is 1.67. The number of nitro groups is 1. The van der Waals surface area contributed by atoms with Crippen molar-refractivity contribution in [1.82, 2.24) is 4.57 Å². The lowest BCUT2D eigenvalue weighted by atomic mass is 10.1. The van der Waals surface area contributed by atoms with Gasteiger partial charge in [-0.05, 0) is 18.6 Å². The Kier molecular flexibility index (Phi) is 3.74. The van der Waals surface area contributed by atoms with Gasteiger partial charge in [-0.1, -0.05) is 18.2 Å². The minimum atomic E-state index is -0.363. The maximum atomic E-state index is 10.9. The molecule has 2 rings (SSSR count). The molecule has 1 N–H and O–H groups in total. The van der Waals surface area contributed by atoms with Crippen LogP contribution in [-0.4, -0.2) is 14.6 Å². The van der Waals surface area contributed by atoms with Crippen LogP contribution in [0, 0.1) is 10.1 Å². The molecule has 0 aliphatic rings. The Bertz CT molecular complexity index is 549. The van der Waals surface area contributed by atoms with Gasteiger partial charge in [0.1, 0.15) is 0 Å². The van der Waals surface area contributed by atoms with Crippen molar-refractivity contribution in [3.8, 4) is 0 Å². The Morgan fingerprint density at radius 2 is 2.00 bits per heavy atom. The highest BCUT2D eigenvalue weighted by molar-refractivity contribution is 5.39. The van der Waals surface area contributed by atoms with E-state index in [1.165, 1.54) is 6.07 Å². The molecule has 0 aliphatic carbocycles. The van der Waals surface area contributed by atoms with Gasteiger partial charge in [-0.15, -0.1) is 0 Å². The van der Waals surface area contributed by atoms with Gasteiger partial charge < -0.3 is 9.67 Å². The molecule has 0 saturated carbocycles. The van der Waals surface area contributed by atoms with Crippen LogP contribution < -0.4 is 0 Å². The minimum absolute atomic E-state index is 0.0239. The van der Waals surface area contributed by atoms with Crippen molar-refractivity contribution in [3.63, 3.8) is 0 Å². The van der Waals surface area contributed by atoms with Crippen LogP contribution in [0.3, 0.4) is 0 Å². The van der Waals surface area contributed by atoms with Crippen LogP contribution in [0.5, 0.6) is 0 Å². The van der Waals surface area contributed by atoms with Gasteiger partial charge in [-0.2, -0.15) is 0 Å². The van der Waals surface area contributed by atoms with Gasteiger partial charge in [0.2, 0.25) is 0 Å². The zero-order valence-electron chi connectivity index (χ0n) is 9.82. The standard InChI is InChI=1S/C13H14N2O3/c16-10-12-5-3-8-14(12)9-7-11-4-1-2-6-13(11)15(17)18/h1-6,8,16H,7,9-10H2. The van der Waals surface area contributed by atoms with Crippen molar-refractivity contribution >= 4 is 5.69 Å². The van der Waals surface area contributed by atoms with E-state index in [2.05, 4.69) is 0 Å². The third-order valence-electron chi connectivity index (χ3n) is 2.90. The Labute approximate surface area is 104 Å². The first kappa shape index (κ1) is 12.3. The molecule has 2 aromatic rings. The van der Waals surface area contributed by atoms with Crippen LogP contribution in [0.2, 0.25) is 0 Å². The third-order valence-corrected chi connectivity index (χ3v) is 2.90. The molecule has 18 heavy (non-hydrogen) atoms. The lowest BCUT2D eigenvalue weighted by Gasteiger charge is -2.07. The lowest BCUT2D eigenvalue weighted by Crippen LogP contribution is -2.05. The predicted octanol–water partition coefficient (Wildman–Crippen LogP) is 2.13. The van der Waals surface area contributed by atoms with Crippen molar-refractivity contribution in [2.75, 3.05) is 0 Å². The first-order valence-corrected chi connectivity index (χ1v) is 5.69. The van der Waals surface area contributed by atoms with Crippen LogP contribution in [0.1, 0.15) is 11.3 Å². The molecule has 0 radical (unpaired) electrons. The largest absolute Gasteiger partial charge is 0.390 e. The number of hydrogen-bond donors (Lipinski definition) is 1. The molecule has 0 amide bonds. The zero-order valence-corrected chi connectivity index (χ0v) is 9.82. The van der Waals surface area contributed by atoms with Gasteiger partial charge >= 0.3 is 0 Å². The number of nitro benzene ring substituents is 1. The topological polar surface area (TPSA) is 68.3 Å². The molecule has 5 heteroatoms. The van der Waals surface area contributed by atoms with Crippen LogP contribution >= 0.6 is 0 Å². The summed E-state index contributed by atoms with van der Waals surface area (Å²) in [4.78, 5) is 10.5. The molecule has 1 heterocycles. The van der Waals surface area contributed by atoms with Crippen LogP contribution in [-0.2, 0) is 19.6 Å². The molecular formula is C13H14N2O3. The fourth-order valence-electron chi connectivity index (χ4n) is 1.95. The lowest BCUT2D eigenvalue weighted by molar-refractivity contribution is -0.385. The third kappa shape index (κ3) is 2.57.